The van der Waals surface area contributed by atoms with Crippen molar-refractivity contribution < 1.29 is 46.6 Å². The van der Waals surface area contributed by atoms with Crippen LogP contribution in [0.25, 0.3) is 0 Å². The SMILES string of the molecule is CC(C)O.CC(C)O.CC(C)O.O.[Hf]. The maximum Gasteiger partial charge on any atom is 0.0483 e. The number of hydrogen-bond acceptors (Lipinski definition) is 3. The third kappa shape index (κ3) is 3460. The fraction of sp³-hybridized carbons (Fsp3) is 1.00. The summed E-state index contributed by atoms with van der Waals surface area (Å²) in [5, 5.41) is 24.2. The minimum atomic E-state index is -0.167. The standard InChI is InChI=1S/3C3H8O.Hf.H2O/c3*1-3(2)4;;/h3*3-4H,1-2H3;;1H2. The normalized spacial score (nSPS) is 7.71. The van der Waals surface area contributed by atoms with E-state index in [9.17, 15) is 0 Å². The van der Waals surface area contributed by atoms with Crippen molar-refractivity contribution in [3.63, 3.8) is 0 Å². The maximum absolute atomic E-state index is 8.06. The van der Waals surface area contributed by atoms with Gasteiger partial charge in [0.05, 0.1) is 0 Å². The summed E-state index contributed by atoms with van der Waals surface area (Å²) in [6.45, 7) is 10.3. The van der Waals surface area contributed by atoms with Gasteiger partial charge in [0.2, 0.25) is 0 Å². The molecule has 0 saturated heterocycles. The van der Waals surface area contributed by atoms with Gasteiger partial charge in [-0.3, -0.25) is 0 Å². The first-order valence-electron chi connectivity index (χ1n) is 4.24. The van der Waals surface area contributed by atoms with Gasteiger partial charge in [-0.05, 0) is 41.5 Å². The molecule has 0 fully saturated rings. The van der Waals surface area contributed by atoms with Crippen molar-refractivity contribution in [1.29, 1.82) is 0 Å². The van der Waals surface area contributed by atoms with Crippen LogP contribution >= 0.6 is 0 Å². The quantitative estimate of drug-likeness (QED) is 0.532. The topological polar surface area (TPSA) is 92.2 Å². The van der Waals surface area contributed by atoms with E-state index in [1.807, 2.05) is 0 Å². The second-order valence-electron chi connectivity index (χ2n) is 3.28. The summed E-state index contributed by atoms with van der Waals surface area (Å²) in [6.07, 6.45) is -0.500. The molecule has 0 heterocycles. The molecule has 0 aliphatic rings. The maximum atomic E-state index is 8.06. The molecule has 0 radical (unpaired) electrons. The zero-order valence-electron chi connectivity index (χ0n) is 10.1. The molecular formula is C9H26HfO4. The Morgan fingerprint density at radius 2 is 0.571 bits per heavy atom. The first-order valence-corrected chi connectivity index (χ1v) is 4.24. The average molecular weight is 377 g/mol. The van der Waals surface area contributed by atoms with Crippen molar-refractivity contribution in [1.82, 2.24) is 0 Å². The van der Waals surface area contributed by atoms with Gasteiger partial charge in [0, 0.05) is 44.2 Å². The van der Waals surface area contributed by atoms with Gasteiger partial charge < -0.3 is 20.8 Å². The first kappa shape index (κ1) is 29.3. The molecular weight excluding hydrogens is 351 g/mol. The number of aliphatic hydroxyl groups excluding tert-OH is 3. The Hall–Kier alpha value is 0.710. The van der Waals surface area contributed by atoms with Crippen LogP contribution in [0.5, 0.6) is 0 Å². The molecule has 5 heteroatoms. The molecule has 0 aliphatic carbocycles. The van der Waals surface area contributed by atoms with Crippen LogP contribution in [0.2, 0.25) is 0 Å². The fourth-order valence-electron chi connectivity index (χ4n) is 0. The molecule has 14 heavy (non-hydrogen) atoms. The zero-order valence-corrected chi connectivity index (χ0v) is 13.7. The minimum absolute atomic E-state index is 0. The van der Waals surface area contributed by atoms with Crippen LogP contribution in [-0.2, 0) is 25.8 Å². The Balaban J connectivity index is -0.0000000270. The van der Waals surface area contributed by atoms with Crippen LogP contribution in [0.3, 0.4) is 0 Å². The van der Waals surface area contributed by atoms with Gasteiger partial charge >= 0.3 is 0 Å². The summed E-state index contributed by atoms with van der Waals surface area (Å²) in [7, 11) is 0. The predicted molar refractivity (Wildman–Crippen MR) is 55.7 cm³/mol. The van der Waals surface area contributed by atoms with E-state index in [1.165, 1.54) is 0 Å². The van der Waals surface area contributed by atoms with E-state index >= 15 is 0 Å². The summed E-state index contributed by atoms with van der Waals surface area (Å²) >= 11 is 0. The molecule has 0 saturated carbocycles. The van der Waals surface area contributed by atoms with Gasteiger partial charge in [-0.25, -0.2) is 0 Å². The average Bonchev–Trinajstić information content (AvgIpc) is 1.54. The molecule has 0 unspecified atom stereocenters. The molecule has 0 rings (SSSR count). The molecule has 0 spiro atoms. The third-order valence-electron chi connectivity index (χ3n) is 0. The van der Waals surface area contributed by atoms with Crippen LogP contribution in [0.1, 0.15) is 41.5 Å². The Labute approximate surface area is 106 Å². The summed E-state index contributed by atoms with van der Waals surface area (Å²) in [6, 6.07) is 0. The van der Waals surface area contributed by atoms with E-state index in [4.69, 9.17) is 15.3 Å². The second-order valence-corrected chi connectivity index (χ2v) is 3.28. The van der Waals surface area contributed by atoms with Crippen molar-refractivity contribution in [3.05, 3.63) is 0 Å². The fourth-order valence-corrected chi connectivity index (χ4v) is 0. The molecule has 4 nitrogen and oxygen atoms in total. The Morgan fingerprint density at radius 1 is 0.571 bits per heavy atom. The number of hydrogen-bond donors (Lipinski definition) is 3. The van der Waals surface area contributed by atoms with Crippen LogP contribution in [-0.4, -0.2) is 39.1 Å². The first-order chi connectivity index (χ1) is 5.20. The van der Waals surface area contributed by atoms with Crippen molar-refractivity contribution >= 4 is 0 Å². The van der Waals surface area contributed by atoms with Crippen molar-refractivity contribution in [2.24, 2.45) is 0 Å². The molecule has 0 aromatic carbocycles. The molecule has 0 aliphatic heterocycles. The van der Waals surface area contributed by atoms with E-state index in [0.29, 0.717) is 0 Å². The van der Waals surface area contributed by atoms with Crippen LogP contribution in [0.4, 0.5) is 0 Å². The number of aliphatic hydroxyl groups is 3. The summed E-state index contributed by atoms with van der Waals surface area (Å²) < 4.78 is 0. The second kappa shape index (κ2) is 23.5. The molecule has 0 amide bonds. The van der Waals surface area contributed by atoms with Gasteiger partial charge in [0.15, 0.2) is 0 Å². The van der Waals surface area contributed by atoms with E-state index in [1.54, 1.807) is 41.5 Å². The molecule has 0 aromatic heterocycles. The van der Waals surface area contributed by atoms with Gasteiger partial charge in [0.25, 0.3) is 0 Å². The van der Waals surface area contributed by atoms with Crippen molar-refractivity contribution in [2.45, 2.75) is 59.9 Å². The summed E-state index contributed by atoms with van der Waals surface area (Å²) in [4.78, 5) is 0. The van der Waals surface area contributed by atoms with Crippen LogP contribution in [0, 0.1) is 0 Å². The van der Waals surface area contributed by atoms with Gasteiger partial charge in [0.1, 0.15) is 0 Å². The Bertz CT molecular complexity index is 45.3. The minimum Gasteiger partial charge on any atom is -0.412 e. The molecule has 5 N–H and O–H groups in total. The van der Waals surface area contributed by atoms with E-state index in [0.717, 1.165) is 0 Å². The molecule has 90 valence electrons. The monoisotopic (exact) mass is 378 g/mol. The van der Waals surface area contributed by atoms with Crippen LogP contribution < -0.4 is 0 Å². The van der Waals surface area contributed by atoms with Gasteiger partial charge in [-0.2, -0.15) is 0 Å². The van der Waals surface area contributed by atoms with Crippen molar-refractivity contribution in [3.8, 4) is 0 Å². The van der Waals surface area contributed by atoms with Crippen molar-refractivity contribution in [2.75, 3.05) is 0 Å². The van der Waals surface area contributed by atoms with Gasteiger partial charge in [-0.15, -0.1) is 0 Å². The largest absolute Gasteiger partial charge is 0.412 e. The van der Waals surface area contributed by atoms with E-state index in [-0.39, 0.29) is 49.6 Å². The Morgan fingerprint density at radius 3 is 0.571 bits per heavy atom. The molecule has 0 aromatic rings. The zero-order chi connectivity index (χ0) is 10.7. The third-order valence-corrected chi connectivity index (χ3v) is 0. The summed E-state index contributed by atoms with van der Waals surface area (Å²) in [5.41, 5.74) is 0. The summed E-state index contributed by atoms with van der Waals surface area (Å²) in [5.74, 6) is 0. The van der Waals surface area contributed by atoms with Crippen LogP contribution in [0.15, 0.2) is 0 Å². The van der Waals surface area contributed by atoms with E-state index in [2.05, 4.69) is 0 Å². The Kier molecular flexibility index (Phi) is 49.2. The van der Waals surface area contributed by atoms with Gasteiger partial charge in [-0.1, -0.05) is 0 Å². The predicted octanol–water partition coefficient (Wildman–Crippen LogP) is 0.334. The van der Waals surface area contributed by atoms with E-state index < -0.39 is 0 Å². The molecule has 0 bridgehead atoms. The molecule has 0 atom stereocenters. The smallest absolute Gasteiger partial charge is 0.0483 e. The number of rotatable bonds is 0.